The van der Waals surface area contributed by atoms with Crippen LogP contribution in [0.25, 0.3) is 0 Å². The van der Waals surface area contributed by atoms with E-state index in [0.717, 1.165) is 49.3 Å². The lowest BCUT2D eigenvalue weighted by atomic mass is 10.1. The van der Waals surface area contributed by atoms with Crippen molar-refractivity contribution in [2.45, 2.75) is 26.3 Å². The van der Waals surface area contributed by atoms with Gasteiger partial charge in [0.15, 0.2) is 5.96 Å². The van der Waals surface area contributed by atoms with Crippen LogP contribution in [0.1, 0.15) is 18.3 Å². The Labute approximate surface area is 183 Å². The van der Waals surface area contributed by atoms with Gasteiger partial charge < -0.3 is 19.9 Å². The van der Waals surface area contributed by atoms with Crippen molar-refractivity contribution >= 4 is 41.5 Å². The Hall–Kier alpha value is -1.39. The van der Waals surface area contributed by atoms with Gasteiger partial charge in [-0.15, -0.1) is 34.2 Å². The number of hydrogen-bond donors (Lipinski definition) is 2. The third-order valence-corrected chi connectivity index (χ3v) is 4.05. The van der Waals surface area contributed by atoms with Gasteiger partial charge >= 0.3 is 0 Å². The first-order valence-electron chi connectivity index (χ1n) is 8.85. The molecule has 0 fully saturated rings. The molecule has 1 aromatic heterocycles. The lowest BCUT2D eigenvalue weighted by Gasteiger charge is -2.13. The molecule has 0 aliphatic carbocycles. The molecule has 0 amide bonds. The number of nitrogens with one attached hydrogen (secondary N) is 2. The Morgan fingerprint density at radius 2 is 2.11 bits per heavy atom. The second-order valence-corrected chi connectivity index (χ2v) is 6.19. The van der Waals surface area contributed by atoms with Gasteiger partial charge in [0, 0.05) is 38.2 Å². The molecule has 0 bridgehead atoms. The third-order valence-electron chi connectivity index (χ3n) is 3.82. The Balaban J connectivity index is 0.00000364. The van der Waals surface area contributed by atoms with Crippen molar-refractivity contribution in [2.75, 3.05) is 33.4 Å². The first-order chi connectivity index (χ1) is 12.7. The minimum Gasteiger partial charge on any atom is -0.383 e. The molecule has 1 heterocycles. The predicted octanol–water partition coefficient (Wildman–Crippen LogP) is 2.54. The van der Waals surface area contributed by atoms with Gasteiger partial charge in [0.2, 0.25) is 0 Å². The molecule has 0 aliphatic rings. The number of benzene rings is 1. The van der Waals surface area contributed by atoms with Crippen LogP contribution in [-0.4, -0.2) is 54.1 Å². The number of halogens is 2. The summed E-state index contributed by atoms with van der Waals surface area (Å²) in [6.45, 7) is 5.56. The smallest absolute Gasteiger partial charge is 0.191 e. The first-order valence-corrected chi connectivity index (χ1v) is 9.23. The van der Waals surface area contributed by atoms with E-state index in [1.807, 2.05) is 22.8 Å². The number of aryl methyl sites for hydroxylation is 1. The van der Waals surface area contributed by atoms with E-state index < -0.39 is 0 Å². The standard InChI is InChI=1S/C18H27ClN6O.HI/c1-3-17-24-23-14-25(17)11-9-21-18(22-10-12-26-2)20-8-7-15-5-4-6-16(19)13-15;/h4-6,13-14H,3,7-12H2,1-2H3,(H2,20,21,22);1H. The number of rotatable bonds is 10. The number of aromatic nitrogens is 3. The third kappa shape index (κ3) is 8.89. The van der Waals surface area contributed by atoms with Crippen molar-refractivity contribution in [2.24, 2.45) is 4.99 Å². The fourth-order valence-corrected chi connectivity index (χ4v) is 2.69. The van der Waals surface area contributed by atoms with Crippen molar-refractivity contribution in [3.8, 4) is 0 Å². The van der Waals surface area contributed by atoms with Gasteiger partial charge in [-0.25, -0.2) is 0 Å². The monoisotopic (exact) mass is 506 g/mol. The van der Waals surface area contributed by atoms with Crippen molar-refractivity contribution in [1.82, 2.24) is 25.4 Å². The Bertz CT molecular complexity index is 694. The van der Waals surface area contributed by atoms with E-state index in [1.165, 1.54) is 5.56 Å². The minimum absolute atomic E-state index is 0. The normalized spacial score (nSPS) is 11.1. The number of aliphatic imine (C=N–C) groups is 1. The maximum absolute atomic E-state index is 6.03. The van der Waals surface area contributed by atoms with Crippen LogP contribution in [0.4, 0.5) is 0 Å². The molecule has 0 atom stereocenters. The molecule has 2 aromatic rings. The highest BCUT2D eigenvalue weighted by atomic mass is 127. The van der Waals surface area contributed by atoms with Gasteiger partial charge in [0.25, 0.3) is 0 Å². The van der Waals surface area contributed by atoms with Gasteiger partial charge in [-0.05, 0) is 24.1 Å². The SMILES string of the molecule is CCc1nncn1CCNC(=NCCOC)NCCc1cccc(Cl)c1.I. The van der Waals surface area contributed by atoms with Crippen molar-refractivity contribution in [3.05, 3.63) is 47.0 Å². The zero-order chi connectivity index (χ0) is 18.6. The second-order valence-electron chi connectivity index (χ2n) is 5.75. The van der Waals surface area contributed by atoms with Gasteiger partial charge in [-0.1, -0.05) is 30.7 Å². The van der Waals surface area contributed by atoms with E-state index in [4.69, 9.17) is 16.3 Å². The summed E-state index contributed by atoms with van der Waals surface area (Å²) in [5.74, 6) is 1.76. The van der Waals surface area contributed by atoms with Crippen molar-refractivity contribution in [3.63, 3.8) is 0 Å². The van der Waals surface area contributed by atoms with Crippen LogP contribution < -0.4 is 10.6 Å². The van der Waals surface area contributed by atoms with E-state index in [9.17, 15) is 0 Å². The average Bonchev–Trinajstić information content (AvgIpc) is 3.09. The Morgan fingerprint density at radius 3 is 2.85 bits per heavy atom. The van der Waals surface area contributed by atoms with Gasteiger partial charge in [0.1, 0.15) is 12.2 Å². The Kier molecular flexibility index (Phi) is 12.0. The molecule has 0 saturated carbocycles. The van der Waals surface area contributed by atoms with Crippen molar-refractivity contribution < 1.29 is 4.74 Å². The van der Waals surface area contributed by atoms with E-state index in [-0.39, 0.29) is 24.0 Å². The molecular weight excluding hydrogens is 479 g/mol. The van der Waals surface area contributed by atoms with E-state index in [1.54, 1.807) is 13.4 Å². The fourth-order valence-electron chi connectivity index (χ4n) is 2.47. The largest absolute Gasteiger partial charge is 0.383 e. The zero-order valence-corrected chi connectivity index (χ0v) is 18.9. The van der Waals surface area contributed by atoms with Gasteiger partial charge in [0.05, 0.1) is 13.2 Å². The molecule has 9 heteroatoms. The van der Waals surface area contributed by atoms with Crippen LogP contribution in [0.15, 0.2) is 35.6 Å². The summed E-state index contributed by atoms with van der Waals surface area (Å²) in [5, 5.41) is 15.5. The highest BCUT2D eigenvalue weighted by molar-refractivity contribution is 14.0. The molecule has 2 N–H and O–H groups in total. The van der Waals surface area contributed by atoms with Crippen LogP contribution >= 0.6 is 35.6 Å². The maximum atomic E-state index is 6.03. The summed E-state index contributed by atoms with van der Waals surface area (Å²) in [4.78, 5) is 4.53. The summed E-state index contributed by atoms with van der Waals surface area (Å²) in [6, 6.07) is 7.90. The van der Waals surface area contributed by atoms with E-state index in [2.05, 4.69) is 38.8 Å². The first kappa shape index (κ1) is 23.6. The average molecular weight is 507 g/mol. The molecule has 0 radical (unpaired) electrons. The molecular formula is C18H28ClIN6O. The highest BCUT2D eigenvalue weighted by Crippen LogP contribution is 2.10. The molecule has 27 heavy (non-hydrogen) atoms. The molecule has 0 unspecified atom stereocenters. The Morgan fingerprint density at radius 1 is 1.30 bits per heavy atom. The minimum atomic E-state index is 0. The molecule has 150 valence electrons. The molecule has 0 saturated heterocycles. The van der Waals surface area contributed by atoms with Crippen LogP contribution in [0.3, 0.4) is 0 Å². The topological polar surface area (TPSA) is 76.4 Å². The molecule has 2 rings (SSSR count). The molecule has 1 aromatic carbocycles. The van der Waals surface area contributed by atoms with E-state index >= 15 is 0 Å². The lowest BCUT2D eigenvalue weighted by Crippen LogP contribution is -2.40. The molecule has 7 nitrogen and oxygen atoms in total. The summed E-state index contributed by atoms with van der Waals surface area (Å²) >= 11 is 6.03. The van der Waals surface area contributed by atoms with Crippen LogP contribution in [0, 0.1) is 0 Å². The molecule has 0 aliphatic heterocycles. The summed E-state index contributed by atoms with van der Waals surface area (Å²) < 4.78 is 7.12. The predicted molar refractivity (Wildman–Crippen MR) is 120 cm³/mol. The highest BCUT2D eigenvalue weighted by Gasteiger charge is 2.03. The lowest BCUT2D eigenvalue weighted by molar-refractivity contribution is 0.208. The fraction of sp³-hybridized carbons (Fsp3) is 0.500. The quantitative estimate of drug-likeness (QED) is 0.224. The summed E-state index contributed by atoms with van der Waals surface area (Å²) in [6.07, 6.45) is 3.50. The molecule has 0 spiro atoms. The number of nitrogens with zero attached hydrogens (tertiary/aromatic N) is 4. The number of ether oxygens (including phenoxy) is 1. The van der Waals surface area contributed by atoms with Crippen LogP contribution in [0.2, 0.25) is 5.02 Å². The maximum Gasteiger partial charge on any atom is 0.191 e. The van der Waals surface area contributed by atoms with Crippen LogP contribution in [0.5, 0.6) is 0 Å². The summed E-state index contributed by atoms with van der Waals surface area (Å²) in [5.41, 5.74) is 1.19. The van der Waals surface area contributed by atoms with E-state index in [0.29, 0.717) is 13.2 Å². The number of hydrogen-bond acceptors (Lipinski definition) is 4. The zero-order valence-electron chi connectivity index (χ0n) is 15.8. The van der Waals surface area contributed by atoms with Crippen LogP contribution in [-0.2, 0) is 24.1 Å². The summed E-state index contributed by atoms with van der Waals surface area (Å²) in [7, 11) is 1.67. The second kappa shape index (κ2) is 13.7. The van der Waals surface area contributed by atoms with Gasteiger partial charge in [-0.2, -0.15) is 0 Å². The number of guanidine groups is 1. The van der Waals surface area contributed by atoms with Crippen molar-refractivity contribution in [1.29, 1.82) is 0 Å². The number of methoxy groups -OCH3 is 1. The van der Waals surface area contributed by atoms with Gasteiger partial charge in [-0.3, -0.25) is 4.99 Å².